The Bertz CT molecular complexity index is 796. The molecule has 1 atom stereocenters. The van der Waals surface area contributed by atoms with Crippen LogP contribution in [0.15, 0.2) is 59.7 Å². The number of para-hydroxylation sites is 1. The van der Waals surface area contributed by atoms with Gasteiger partial charge in [0.05, 0.1) is 0 Å². The van der Waals surface area contributed by atoms with Crippen LogP contribution in [0, 0.1) is 0 Å². The molecule has 0 amide bonds. The van der Waals surface area contributed by atoms with Crippen molar-refractivity contribution >= 4 is 10.9 Å². The third-order valence-corrected chi connectivity index (χ3v) is 3.61. The van der Waals surface area contributed by atoms with Crippen molar-refractivity contribution in [1.29, 1.82) is 0 Å². The van der Waals surface area contributed by atoms with Gasteiger partial charge in [-0.1, -0.05) is 24.3 Å². The van der Waals surface area contributed by atoms with Gasteiger partial charge in [-0.25, -0.2) is 0 Å². The fraction of sp³-hybridized carbons (Fsp3) is 0.176. The van der Waals surface area contributed by atoms with E-state index in [1.165, 1.54) is 0 Å². The molecule has 0 unspecified atom stereocenters. The highest BCUT2D eigenvalue weighted by Gasteiger charge is 2.07. The van der Waals surface area contributed by atoms with E-state index in [1.807, 2.05) is 48.7 Å². The highest BCUT2D eigenvalue weighted by Crippen LogP contribution is 2.13. The molecule has 0 saturated carbocycles. The number of benzene rings is 1. The third-order valence-electron chi connectivity index (χ3n) is 3.61. The third kappa shape index (κ3) is 3.01. The molecule has 1 aromatic carbocycles. The largest absolute Gasteiger partial charge is 0.322 e. The van der Waals surface area contributed by atoms with Gasteiger partial charge in [0, 0.05) is 36.1 Å². The van der Waals surface area contributed by atoms with Crippen molar-refractivity contribution < 1.29 is 0 Å². The Morgan fingerprint density at radius 1 is 1.24 bits per heavy atom. The van der Waals surface area contributed by atoms with Crippen LogP contribution >= 0.6 is 0 Å². The van der Waals surface area contributed by atoms with Crippen LogP contribution in [0.25, 0.3) is 10.9 Å². The fourth-order valence-corrected chi connectivity index (χ4v) is 2.34. The zero-order valence-corrected chi connectivity index (χ0v) is 11.8. The summed E-state index contributed by atoms with van der Waals surface area (Å²) in [6, 6.07) is 13.8. The minimum absolute atomic E-state index is 0.0420. The molecule has 2 aromatic heterocycles. The van der Waals surface area contributed by atoms with E-state index in [2.05, 4.69) is 22.2 Å². The summed E-state index contributed by atoms with van der Waals surface area (Å²) in [6.07, 6.45) is 3.59. The molecule has 2 N–H and O–H groups in total. The van der Waals surface area contributed by atoms with E-state index in [-0.39, 0.29) is 11.6 Å². The number of H-pyrrole nitrogens is 1. The average molecular weight is 279 g/mol. The van der Waals surface area contributed by atoms with Crippen LogP contribution < -0.4 is 10.9 Å². The van der Waals surface area contributed by atoms with Gasteiger partial charge in [0.1, 0.15) is 0 Å². The van der Waals surface area contributed by atoms with Gasteiger partial charge in [-0.3, -0.25) is 9.78 Å². The van der Waals surface area contributed by atoms with Crippen LogP contribution in [0.3, 0.4) is 0 Å². The van der Waals surface area contributed by atoms with Gasteiger partial charge in [-0.05, 0) is 36.1 Å². The van der Waals surface area contributed by atoms with Crippen LogP contribution in [0.5, 0.6) is 0 Å². The Kier molecular flexibility index (Phi) is 3.79. The second-order valence-electron chi connectivity index (χ2n) is 5.10. The number of fused-ring (bicyclic) bond motifs is 1. The van der Waals surface area contributed by atoms with Crippen molar-refractivity contribution in [2.75, 3.05) is 0 Å². The Morgan fingerprint density at radius 3 is 2.90 bits per heavy atom. The summed E-state index contributed by atoms with van der Waals surface area (Å²) in [5.74, 6) is 0. The molecule has 106 valence electrons. The zero-order chi connectivity index (χ0) is 14.7. The first-order valence-electron chi connectivity index (χ1n) is 6.98. The van der Waals surface area contributed by atoms with Gasteiger partial charge in [0.15, 0.2) is 0 Å². The first kappa shape index (κ1) is 13.5. The molecule has 0 aliphatic rings. The predicted octanol–water partition coefficient (Wildman–Crippen LogP) is 2.77. The number of hydrogen-bond acceptors (Lipinski definition) is 3. The number of nitrogens with one attached hydrogen (secondary N) is 2. The summed E-state index contributed by atoms with van der Waals surface area (Å²) < 4.78 is 0. The smallest absolute Gasteiger partial charge is 0.252 e. The van der Waals surface area contributed by atoms with E-state index in [0.717, 1.165) is 22.0 Å². The van der Waals surface area contributed by atoms with Crippen molar-refractivity contribution in [3.05, 3.63) is 76.3 Å². The Morgan fingerprint density at radius 2 is 2.10 bits per heavy atom. The Hall–Kier alpha value is -2.46. The summed E-state index contributed by atoms with van der Waals surface area (Å²) in [4.78, 5) is 19.1. The van der Waals surface area contributed by atoms with Crippen LogP contribution in [-0.4, -0.2) is 9.97 Å². The Labute approximate surface area is 122 Å². The standard InChI is InChI=1S/C17H17N3O/c1-12(14-6-4-8-18-10-14)19-11-15-9-13-5-2-3-7-16(13)20-17(15)21/h2-10,12,19H,11H2,1H3,(H,20,21)/t12-/m0/s1. The molecular formula is C17H17N3O. The molecule has 21 heavy (non-hydrogen) atoms. The number of aromatic amines is 1. The molecule has 0 spiro atoms. The SMILES string of the molecule is C[C@H](NCc1cc2ccccc2[nH]c1=O)c1cccnc1. The maximum absolute atomic E-state index is 12.1. The topological polar surface area (TPSA) is 57.8 Å². The highest BCUT2D eigenvalue weighted by molar-refractivity contribution is 5.78. The molecule has 3 aromatic rings. The van der Waals surface area contributed by atoms with Crippen molar-refractivity contribution in [1.82, 2.24) is 15.3 Å². The summed E-state index contributed by atoms with van der Waals surface area (Å²) in [5.41, 5.74) is 2.67. The van der Waals surface area contributed by atoms with Gasteiger partial charge in [-0.15, -0.1) is 0 Å². The van der Waals surface area contributed by atoms with Crippen LogP contribution in [0.1, 0.15) is 24.1 Å². The number of pyridine rings is 2. The number of rotatable bonds is 4. The van der Waals surface area contributed by atoms with E-state index in [0.29, 0.717) is 6.54 Å². The van der Waals surface area contributed by atoms with E-state index in [9.17, 15) is 4.79 Å². The Balaban J connectivity index is 1.79. The molecule has 0 aliphatic carbocycles. The maximum Gasteiger partial charge on any atom is 0.252 e. The quantitative estimate of drug-likeness (QED) is 0.772. The fourth-order valence-electron chi connectivity index (χ4n) is 2.34. The van der Waals surface area contributed by atoms with Crippen molar-refractivity contribution in [2.45, 2.75) is 19.5 Å². The number of nitrogens with zero attached hydrogens (tertiary/aromatic N) is 1. The lowest BCUT2D eigenvalue weighted by molar-refractivity contribution is 0.571. The van der Waals surface area contributed by atoms with E-state index in [1.54, 1.807) is 6.20 Å². The second-order valence-corrected chi connectivity index (χ2v) is 5.10. The van der Waals surface area contributed by atoms with Crippen molar-refractivity contribution in [2.24, 2.45) is 0 Å². The number of hydrogen-bond donors (Lipinski definition) is 2. The summed E-state index contributed by atoms with van der Waals surface area (Å²) in [5, 5.41) is 4.41. The molecule has 0 saturated heterocycles. The van der Waals surface area contributed by atoms with Gasteiger partial charge in [0.25, 0.3) is 5.56 Å². The molecule has 0 fully saturated rings. The predicted molar refractivity (Wildman–Crippen MR) is 84.1 cm³/mol. The first-order chi connectivity index (χ1) is 10.2. The molecule has 2 heterocycles. The van der Waals surface area contributed by atoms with E-state index >= 15 is 0 Å². The molecule has 0 aliphatic heterocycles. The van der Waals surface area contributed by atoms with Gasteiger partial charge >= 0.3 is 0 Å². The molecule has 3 rings (SSSR count). The van der Waals surface area contributed by atoms with Crippen LogP contribution in [0.2, 0.25) is 0 Å². The van der Waals surface area contributed by atoms with Crippen molar-refractivity contribution in [3.8, 4) is 0 Å². The number of aromatic nitrogens is 2. The monoisotopic (exact) mass is 279 g/mol. The van der Waals surface area contributed by atoms with Gasteiger partial charge in [-0.2, -0.15) is 0 Å². The van der Waals surface area contributed by atoms with Gasteiger partial charge < -0.3 is 10.3 Å². The summed E-state index contributed by atoms with van der Waals surface area (Å²) >= 11 is 0. The first-order valence-corrected chi connectivity index (χ1v) is 6.98. The molecule has 4 heteroatoms. The second kappa shape index (κ2) is 5.89. The molecule has 0 radical (unpaired) electrons. The minimum Gasteiger partial charge on any atom is -0.322 e. The lowest BCUT2D eigenvalue weighted by Crippen LogP contribution is -2.23. The molecular weight excluding hydrogens is 262 g/mol. The average Bonchev–Trinajstić information content (AvgIpc) is 2.53. The van der Waals surface area contributed by atoms with Crippen LogP contribution in [-0.2, 0) is 6.54 Å². The van der Waals surface area contributed by atoms with Gasteiger partial charge in [0.2, 0.25) is 0 Å². The summed E-state index contributed by atoms with van der Waals surface area (Å²) in [6.45, 7) is 2.59. The molecule has 0 bridgehead atoms. The minimum atomic E-state index is -0.0420. The maximum atomic E-state index is 12.1. The lowest BCUT2D eigenvalue weighted by atomic mass is 10.1. The van der Waals surface area contributed by atoms with Crippen LogP contribution in [0.4, 0.5) is 0 Å². The van der Waals surface area contributed by atoms with Crippen molar-refractivity contribution in [3.63, 3.8) is 0 Å². The highest BCUT2D eigenvalue weighted by atomic mass is 16.1. The molecule has 4 nitrogen and oxygen atoms in total. The van der Waals surface area contributed by atoms with E-state index < -0.39 is 0 Å². The summed E-state index contributed by atoms with van der Waals surface area (Å²) in [7, 11) is 0. The zero-order valence-electron chi connectivity index (χ0n) is 11.8. The lowest BCUT2D eigenvalue weighted by Gasteiger charge is -2.13. The normalized spacial score (nSPS) is 12.4. The van der Waals surface area contributed by atoms with E-state index in [4.69, 9.17) is 0 Å².